The fourth-order valence-electron chi connectivity index (χ4n) is 2.76. The Labute approximate surface area is 155 Å². The second-order valence-electron chi connectivity index (χ2n) is 5.80. The highest BCUT2D eigenvalue weighted by Crippen LogP contribution is 2.37. The summed E-state index contributed by atoms with van der Waals surface area (Å²) < 4.78 is 26.5. The van der Waals surface area contributed by atoms with Crippen molar-refractivity contribution in [2.45, 2.75) is 6.92 Å². The summed E-state index contributed by atoms with van der Waals surface area (Å²) in [4.78, 5) is 23.9. The van der Waals surface area contributed by atoms with E-state index < -0.39 is 5.97 Å². The van der Waals surface area contributed by atoms with E-state index in [-0.39, 0.29) is 31.5 Å². The molecule has 2 aromatic carbocycles. The Hall–Kier alpha value is -3.48. The zero-order chi connectivity index (χ0) is 18.8. The zero-order valence-corrected chi connectivity index (χ0v) is 14.5. The number of hydrogen-bond acceptors (Lipinski definition) is 7. The number of carbonyl (C=O) groups excluding carboxylic acids is 2. The van der Waals surface area contributed by atoms with Crippen LogP contribution in [-0.4, -0.2) is 31.8 Å². The third-order valence-corrected chi connectivity index (χ3v) is 4.00. The Balaban J connectivity index is 1.51. The SMILES string of the molecule is CCOC(=O)COc1ccc2c(c1)O/C(=C/c1ccc3c(c1)OCO3)C2=O. The number of fused-ring (bicyclic) bond motifs is 2. The van der Waals surface area contributed by atoms with Gasteiger partial charge >= 0.3 is 5.97 Å². The van der Waals surface area contributed by atoms with Gasteiger partial charge in [-0.25, -0.2) is 4.79 Å². The number of hydrogen-bond donors (Lipinski definition) is 0. The predicted octanol–water partition coefficient (Wildman–Crippen LogP) is 2.97. The maximum Gasteiger partial charge on any atom is 0.344 e. The van der Waals surface area contributed by atoms with Crippen molar-refractivity contribution >= 4 is 17.8 Å². The quantitative estimate of drug-likeness (QED) is 0.593. The molecule has 0 fully saturated rings. The van der Waals surface area contributed by atoms with Crippen molar-refractivity contribution in [2.24, 2.45) is 0 Å². The number of benzene rings is 2. The van der Waals surface area contributed by atoms with Crippen molar-refractivity contribution in [1.29, 1.82) is 0 Å². The van der Waals surface area contributed by atoms with Crippen LogP contribution in [0.4, 0.5) is 0 Å². The molecule has 0 unspecified atom stereocenters. The fraction of sp³-hybridized carbons (Fsp3) is 0.200. The molecule has 0 saturated carbocycles. The van der Waals surface area contributed by atoms with Gasteiger partial charge in [-0.3, -0.25) is 4.79 Å². The molecule has 138 valence electrons. The highest BCUT2D eigenvalue weighted by Gasteiger charge is 2.28. The first-order valence-corrected chi connectivity index (χ1v) is 8.40. The van der Waals surface area contributed by atoms with Gasteiger partial charge < -0.3 is 23.7 Å². The van der Waals surface area contributed by atoms with Crippen LogP contribution in [0, 0.1) is 0 Å². The Bertz CT molecular complexity index is 945. The Morgan fingerprint density at radius 2 is 1.96 bits per heavy atom. The van der Waals surface area contributed by atoms with Gasteiger partial charge in [0.25, 0.3) is 0 Å². The van der Waals surface area contributed by atoms with Crippen molar-refractivity contribution in [3.05, 3.63) is 53.3 Å². The van der Waals surface area contributed by atoms with E-state index in [1.54, 1.807) is 43.3 Å². The number of ether oxygens (including phenoxy) is 5. The maximum atomic E-state index is 12.5. The molecule has 2 heterocycles. The fourth-order valence-corrected chi connectivity index (χ4v) is 2.76. The van der Waals surface area contributed by atoms with Gasteiger partial charge in [-0.1, -0.05) is 6.07 Å². The number of Topliss-reactive ketones (excluding diaryl/α,β-unsaturated/α-hetero) is 1. The summed E-state index contributed by atoms with van der Waals surface area (Å²) in [7, 11) is 0. The number of esters is 1. The normalized spacial score (nSPS) is 15.4. The maximum absolute atomic E-state index is 12.5. The molecule has 0 spiro atoms. The lowest BCUT2D eigenvalue weighted by molar-refractivity contribution is -0.145. The summed E-state index contributed by atoms with van der Waals surface area (Å²) in [5.41, 5.74) is 1.19. The monoisotopic (exact) mass is 368 g/mol. The van der Waals surface area contributed by atoms with Crippen molar-refractivity contribution in [1.82, 2.24) is 0 Å². The van der Waals surface area contributed by atoms with E-state index in [1.807, 2.05) is 6.07 Å². The molecule has 7 nitrogen and oxygen atoms in total. The molecule has 0 amide bonds. The summed E-state index contributed by atoms with van der Waals surface area (Å²) in [5, 5.41) is 0. The highest BCUT2D eigenvalue weighted by atomic mass is 16.7. The third-order valence-electron chi connectivity index (χ3n) is 4.00. The smallest absolute Gasteiger partial charge is 0.344 e. The molecular weight excluding hydrogens is 352 g/mol. The van der Waals surface area contributed by atoms with Gasteiger partial charge in [-0.05, 0) is 42.8 Å². The number of carbonyl (C=O) groups is 2. The molecule has 2 aliphatic heterocycles. The second kappa shape index (κ2) is 7.03. The zero-order valence-electron chi connectivity index (χ0n) is 14.5. The summed E-state index contributed by atoms with van der Waals surface area (Å²) in [6.07, 6.45) is 1.64. The van der Waals surface area contributed by atoms with Crippen LogP contribution in [0.1, 0.15) is 22.8 Å². The minimum Gasteiger partial charge on any atom is -0.482 e. The van der Waals surface area contributed by atoms with Crippen molar-refractivity contribution in [3.63, 3.8) is 0 Å². The van der Waals surface area contributed by atoms with Crippen molar-refractivity contribution in [2.75, 3.05) is 20.0 Å². The van der Waals surface area contributed by atoms with E-state index in [0.29, 0.717) is 28.6 Å². The first-order valence-electron chi connectivity index (χ1n) is 8.40. The highest BCUT2D eigenvalue weighted by molar-refractivity contribution is 6.14. The van der Waals surface area contributed by atoms with Gasteiger partial charge in [0, 0.05) is 6.07 Å². The molecule has 0 atom stereocenters. The molecule has 27 heavy (non-hydrogen) atoms. The first kappa shape index (κ1) is 17.0. The van der Waals surface area contributed by atoms with Crippen LogP contribution in [0.25, 0.3) is 6.08 Å². The molecule has 0 N–H and O–H groups in total. The van der Waals surface area contributed by atoms with E-state index in [0.717, 1.165) is 5.56 Å². The van der Waals surface area contributed by atoms with E-state index in [1.165, 1.54) is 0 Å². The van der Waals surface area contributed by atoms with Gasteiger partial charge in [0.1, 0.15) is 11.5 Å². The molecule has 0 bridgehead atoms. The predicted molar refractivity (Wildman–Crippen MR) is 94.1 cm³/mol. The van der Waals surface area contributed by atoms with Crippen LogP contribution in [-0.2, 0) is 9.53 Å². The van der Waals surface area contributed by atoms with Crippen molar-refractivity contribution < 1.29 is 33.3 Å². The molecule has 4 rings (SSSR count). The van der Waals surface area contributed by atoms with Crippen LogP contribution in [0.15, 0.2) is 42.2 Å². The topological polar surface area (TPSA) is 80.3 Å². The molecule has 7 heteroatoms. The van der Waals surface area contributed by atoms with Crippen LogP contribution in [0.3, 0.4) is 0 Å². The summed E-state index contributed by atoms with van der Waals surface area (Å²) in [6, 6.07) is 10.2. The van der Waals surface area contributed by atoms with Crippen molar-refractivity contribution in [3.8, 4) is 23.0 Å². The van der Waals surface area contributed by atoms with Gasteiger partial charge in [0.2, 0.25) is 12.6 Å². The Kier molecular flexibility index (Phi) is 4.42. The second-order valence-corrected chi connectivity index (χ2v) is 5.80. The van der Waals surface area contributed by atoms with Crippen LogP contribution >= 0.6 is 0 Å². The van der Waals surface area contributed by atoms with E-state index in [2.05, 4.69) is 0 Å². The number of ketones is 1. The van der Waals surface area contributed by atoms with Crippen LogP contribution < -0.4 is 18.9 Å². The lowest BCUT2D eigenvalue weighted by Crippen LogP contribution is -2.14. The third kappa shape index (κ3) is 3.44. The van der Waals surface area contributed by atoms with Gasteiger partial charge in [-0.2, -0.15) is 0 Å². The van der Waals surface area contributed by atoms with Gasteiger partial charge in [0.15, 0.2) is 23.9 Å². The lowest BCUT2D eigenvalue weighted by atomic mass is 10.1. The molecule has 0 aliphatic carbocycles. The lowest BCUT2D eigenvalue weighted by Gasteiger charge is -2.06. The van der Waals surface area contributed by atoms with E-state index >= 15 is 0 Å². The van der Waals surface area contributed by atoms with E-state index in [4.69, 9.17) is 23.7 Å². The summed E-state index contributed by atoms with van der Waals surface area (Å²) >= 11 is 0. The summed E-state index contributed by atoms with van der Waals surface area (Å²) in [6.45, 7) is 1.99. The minimum atomic E-state index is -0.460. The van der Waals surface area contributed by atoms with E-state index in [9.17, 15) is 9.59 Å². The average molecular weight is 368 g/mol. The first-order chi connectivity index (χ1) is 13.1. The largest absolute Gasteiger partial charge is 0.482 e. The van der Waals surface area contributed by atoms with Crippen LogP contribution in [0.5, 0.6) is 23.0 Å². The van der Waals surface area contributed by atoms with Gasteiger partial charge in [0.05, 0.1) is 12.2 Å². The Morgan fingerprint density at radius 3 is 2.81 bits per heavy atom. The molecule has 0 aromatic heterocycles. The molecular formula is C20H16O7. The number of allylic oxidation sites excluding steroid dienone is 1. The van der Waals surface area contributed by atoms with Crippen LogP contribution in [0.2, 0.25) is 0 Å². The number of rotatable bonds is 5. The molecule has 0 radical (unpaired) electrons. The molecule has 2 aromatic rings. The average Bonchev–Trinajstić information content (AvgIpc) is 3.25. The Morgan fingerprint density at radius 1 is 1.11 bits per heavy atom. The molecule has 0 saturated heterocycles. The minimum absolute atomic E-state index is 0.185. The van der Waals surface area contributed by atoms with Gasteiger partial charge in [-0.15, -0.1) is 0 Å². The standard InChI is InChI=1S/C20H16O7/c1-2-23-19(21)10-24-13-4-5-14-16(9-13)27-18(20(14)22)8-12-3-6-15-17(7-12)26-11-25-15/h3-9H,2,10-11H2,1H3/b18-8+. The summed E-state index contributed by atoms with van der Waals surface area (Å²) in [5.74, 6) is 1.61. The molecule has 2 aliphatic rings.